The maximum atomic E-state index is 2.44. The number of rotatable bonds is 8. The second kappa shape index (κ2) is 20.4. The zero-order valence-corrected chi connectivity index (χ0v) is 41.0. The van der Waals surface area contributed by atoms with Crippen LogP contribution >= 0.6 is 0 Å². The molecule has 2 fully saturated rings. The standard InChI is InChI=1S/2C27H25.C2H6Si.2ClH.Zr/c2*1-18-3-9-22(10-4-18)24-13-14-25(23-11-5-19(2)6-12-23)27-17-21(16-26(24)27)15-20-7-8-20;1-3-2;;;/h2*3-6,9-14,16-17,20H,7-8,15H2,1-2H3;1-2H3;2*1H;/q2*-1;;;;+2/p-2. The average Bonchev–Trinajstić information content (AvgIpc) is 4.12. The first-order chi connectivity index (χ1) is 28.1. The van der Waals surface area contributed by atoms with Crippen LogP contribution in [-0.4, -0.2) is 5.43 Å². The molecule has 0 radical (unpaired) electrons. The first kappa shape index (κ1) is 45.7. The molecule has 0 heterocycles. The Bertz CT molecular complexity index is 2320. The van der Waals surface area contributed by atoms with Crippen LogP contribution in [0.2, 0.25) is 13.1 Å². The van der Waals surface area contributed by atoms with Crippen LogP contribution in [0.1, 0.15) is 59.1 Å². The predicted molar refractivity (Wildman–Crippen MR) is 250 cm³/mol. The van der Waals surface area contributed by atoms with Gasteiger partial charge in [0, 0.05) is 0 Å². The Hall–Kier alpha value is -3.78. The molecule has 60 heavy (non-hydrogen) atoms. The fourth-order valence-corrected chi connectivity index (χ4v) is 8.21. The quantitative estimate of drug-likeness (QED) is 0.105. The molecule has 0 nitrogen and oxygen atoms in total. The number of halogens is 2. The van der Waals surface area contributed by atoms with Gasteiger partial charge in [0.1, 0.15) is 0 Å². The molecule has 2 aliphatic carbocycles. The molecule has 0 N–H and O–H groups in total. The minimum atomic E-state index is 0. The summed E-state index contributed by atoms with van der Waals surface area (Å²) in [4.78, 5) is 0. The van der Waals surface area contributed by atoms with Crippen molar-refractivity contribution in [3.63, 3.8) is 0 Å². The van der Waals surface area contributed by atoms with E-state index in [2.05, 4.69) is 186 Å². The van der Waals surface area contributed by atoms with Crippen LogP contribution in [0.25, 0.3) is 66.1 Å². The van der Waals surface area contributed by atoms with Gasteiger partial charge >= 0.3 is 41.9 Å². The summed E-state index contributed by atoms with van der Waals surface area (Å²) in [5.74, 6) is 1.82. The molecule has 0 atom stereocenters. The summed E-state index contributed by atoms with van der Waals surface area (Å²) < 4.78 is 0. The van der Waals surface area contributed by atoms with Gasteiger partial charge in [-0.25, -0.2) is 0 Å². The van der Waals surface area contributed by atoms with E-state index in [1.165, 1.54) is 138 Å². The Morgan fingerprint density at radius 2 is 0.683 bits per heavy atom. The van der Waals surface area contributed by atoms with Gasteiger partial charge in [0.05, 0.1) is 0 Å². The normalized spacial score (nSPS) is 13.1. The van der Waals surface area contributed by atoms with Crippen LogP contribution in [0, 0.1) is 39.5 Å². The van der Waals surface area contributed by atoms with Crippen molar-refractivity contribution in [2.75, 3.05) is 0 Å². The molecular formula is C56H56Cl2SiZr-2. The average molecular weight is 919 g/mol. The summed E-state index contributed by atoms with van der Waals surface area (Å²) in [6.45, 7) is 13.2. The number of aryl methyl sites for hydroxylation is 4. The van der Waals surface area contributed by atoms with E-state index in [0.717, 1.165) is 11.8 Å². The number of fused-ring (bicyclic) bond motifs is 2. The second-order valence-corrected chi connectivity index (χ2v) is 26.8. The largest absolute Gasteiger partial charge is 1.00 e. The monoisotopic (exact) mass is 916 g/mol. The van der Waals surface area contributed by atoms with E-state index in [1.807, 2.05) is 0 Å². The van der Waals surface area contributed by atoms with Crippen molar-refractivity contribution in [1.29, 1.82) is 0 Å². The molecule has 8 aromatic carbocycles. The Labute approximate surface area is 386 Å². The van der Waals surface area contributed by atoms with E-state index in [9.17, 15) is 0 Å². The maximum absolute atomic E-state index is 2.44. The summed E-state index contributed by atoms with van der Waals surface area (Å²) in [6.07, 6.45) is 8.06. The maximum Gasteiger partial charge on any atom is -0.0279 e. The Morgan fingerprint density at radius 1 is 0.433 bits per heavy atom. The molecule has 10 rings (SSSR count). The van der Waals surface area contributed by atoms with Gasteiger partial charge in [-0.15, -0.1) is 44.8 Å². The first-order valence-corrected chi connectivity index (χ1v) is 27.5. The molecule has 0 amide bonds. The van der Waals surface area contributed by atoms with Crippen LogP contribution in [0.4, 0.5) is 0 Å². The number of hydrogen-bond donors (Lipinski definition) is 0. The third-order valence-electron chi connectivity index (χ3n) is 11.8. The molecule has 0 aliphatic heterocycles. The molecule has 0 spiro atoms. The van der Waals surface area contributed by atoms with Gasteiger partial charge in [-0.05, 0) is 89.2 Å². The van der Waals surface area contributed by atoms with Crippen molar-refractivity contribution in [2.24, 2.45) is 11.8 Å². The third kappa shape index (κ3) is 11.4. The van der Waals surface area contributed by atoms with E-state index in [0.29, 0.717) is 0 Å². The fraction of sp³-hybridized carbons (Fsp3) is 0.250. The van der Waals surface area contributed by atoms with Crippen LogP contribution in [0.5, 0.6) is 0 Å². The van der Waals surface area contributed by atoms with Gasteiger partial charge in [-0.2, -0.15) is 12.1 Å². The summed E-state index contributed by atoms with van der Waals surface area (Å²) >= 11 is 1.74. The second-order valence-electron chi connectivity index (χ2n) is 17.5. The van der Waals surface area contributed by atoms with E-state index < -0.39 is 0 Å². The van der Waals surface area contributed by atoms with Gasteiger partial charge in [-0.1, -0.05) is 177 Å². The van der Waals surface area contributed by atoms with Crippen molar-refractivity contribution in [1.82, 2.24) is 0 Å². The predicted octanol–water partition coefficient (Wildman–Crippen LogP) is 9.72. The smallest absolute Gasteiger partial charge is 0.0279 e. The van der Waals surface area contributed by atoms with Crippen LogP contribution < -0.4 is 24.8 Å². The summed E-state index contributed by atoms with van der Waals surface area (Å²) in [5.41, 5.74) is 19.1. The van der Waals surface area contributed by atoms with Crippen LogP contribution in [0.15, 0.2) is 146 Å². The fourth-order valence-electron chi connectivity index (χ4n) is 8.21. The molecule has 304 valence electrons. The summed E-state index contributed by atoms with van der Waals surface area (Å²) in [6, 6.07) is 54.7. The van der Waals surface area contributed by atoms with Gasteiger partial charge in [0.15, 0.2) is 0 Å². The summed E-state index contributed by atoms with van der Waals surface area (Å²) in [7, 11) is 0. The first-order valence-electron chi connectivity index (χ1n) is 21.3. The molecule has 4 heteroatoms. The minimum absolute atomic E-state index is 0. The molecule has 2 saturated carbocycles. The van der Waals surface area contributed by atoms with Gasteiger partial charge in [0.25, 0.3) is 0 Å². The molecule has 0 unspecified atom stereocenters. The van der Waals surface area contributed by atoms with Crippen molar-refractivity contribution in [3.05, 3.63) is 179 Å². The van der Waals surface area contributed by atoms with E-state index in [4.69, 9.17) is 0 Å². The van der Waals surface area contributed by atoms with Crippen LogP contribution in [-0.2, 0) is 36.2 Å². The Balaban J connectivity index is 0.000000179. The molecule has 0 aromatic heterocycles. The minimum Gasteiger partial charge on any atom is -1.00 e. The summed E-state index contributed by atoms with van der Waals surface area (Å²) in [5, 5.41) is 5.58. The van der Waals surface area contributed by atoms with E-state index in [-0.39, 0.29) is 30.2 Å². The molecule has 8 aromatic rings. The molecule has 2 aliphatic rings. The van der Waals surface area contributed by atoms with Gasteiger partial charge < -0.3 is 24.8 Å². The van der Waals surface area contributed by atoms with Crippen molar-refractivity contribution in [2.45, 2.75) is 79.3 Å². The third-order valence-corrected chi connectivity index (χ3v) is 11.8. The van der Waals surface area contributed by atoms with E-state index >= 15 is 0 Å². The molecule has 0 bridgehead atoms. The molecular weight excluding hydrogens is 863 g/mol. The number of benzene rings is 6. The topological polar surface area (TPSA) is 0 Å². The van der Waals surface area contributed by atoms with Crippen molar-refractivity contribution < 1.29 is 48.1 Å². The van der Waals surface area contributed by atoms with E-state index in [1.54, 1.807) is 23.3 Å². The Kier molecular flexibility index (Phi) is 15.5. The Morgan fingerprint density at radius 3 is 0.950 bits per heavy atom. The van der Waals surface area contributed by atoms with Crippen molar-refractivity contribution in [3.8, 4) is 44.5 Å². The van der Waals surface area contributed by atoms with Crippen molar-refractivity contribution >= 4 is 27.0 Å². The zero-order valence-electron chi connectivity index (χ0n) is 36.0. The van der Waals surface area contributed by atoms with Gasteiger partial charge in [-0.3, -0.25) is 0 Å². The van der Waals surface area contributed by atoms with Crippen LogP contribution in [0.3, 0.4) is 0 Å². The SMILES string of the molecule is C[Si](C)=[Zr+2].Cc1ccc(-c2ccc(-c3ccc(C)cc3)c3[cH-]c(CC4CC4)cc23)cc1.Cc1ccc(-c2ccc(-c3ccc(C)cc3)c3[cH-]c(CC4CC4)cc23)cc1.[Cl-].[Cl-]. The number of hydrogen-bond acceptors (Lipinski definition) is 0. The van der Waals surface area contributed by atoms with Gasteiger partial charge in [0.2, 0.25) is 0 Å². The molecule has 0 saturated heterocycles. The zero-order chi connectivity index (χ0) is 40.3.